The highest BCUT2D eigenvalue weighted by molar-refractivity contribution is 7.91. The first-order chi connectivity index (χ1) is 15.4. The van der Waals surface area contributed by atoms with Gasteiger partial charge in [-0.15, -0.1) is 0 Å². The lowest BCUT2D eigenvalue weighted by molar-refractivity contribution is -0.137. The average Bonchev–Trinajstić information content (AvgIpc) is 3.39. The molecule has 0 spiro atoms. The maximum Gasteiger partial charge on any atom is 0.254 e. The lowest BCUT2D eigenvalue weighted by atomic mass is 9.84. The molecule has 4 atom stereocenters. The number of piperazine rings is 1. The van der Waals surface area contributed by atoms with E-state index in [-0.39, 0.29) is 41.4 Å². The van der Waals surface area contributed by atoms with Crippen LogP contribution in [-0.2, 0) is 14.6 Å². The summed E-state index contributed by atoms with van der Waals surface area (Å²) >= 11 is 0. The lowest BCUT2D eigenvalue weighted by Gasteiger charge is -2.40. The summed E-state index contributed by atoms with van der Waals surface area (Å²) in [4.78, 5) is 33.2. The standard InChI is InChI=1S/C24H33N3O4S/c28-23(18-6-2-1-3-7-18)27-21-9-5-4-8-19(21)16-22(27)24(29)26-13-11-25(12-14-26)20-10-15-32(30,31)17-20/h1-3,6-7,19-22H,4-5,8-17H2. The third-order valence-electron chi connectivity index (χ3n) is 7.98. The molecule has 3 saturated heterocycles. The van der Waals surface area contributed by atoms with Crippen LogP contribution >= 0.6 is 0 Å². The Morgan fingerprint density at radius 1 is 0.906 bits per heavy atom. The highest BCUT2D eigenvalue weighted by Crippen LogP contribution is 2.41. The Hall–Kier alpha value is -1.93. The molecule has 4 fully saturated rings. The molecule has 2 amide bonds. The van der Waals surface area contributed by atoms with Crippen LogP contribution in [0, 0.1) is 5.92 Å². The van der Waals surface area contributed by atoms with Crippen LogP contribution in [0.3, 0.4) is 0 Å². The monoisotopic (exact) mass is 459 g/mol. The number of likely N-dealkylation sites (tertiary alicyclic amines) is 1. The van der Waals surface area contributed by atoms with E-state index in [9.17, 15) is 18.0 Å². The largest absolute Gasteiger partial charge is 0.338 e. The molecular formula is C24H33N3O4S. The second-order valence-corrected chi connectivity index (χ2v) is 12.1. The van der Waals surface area contributed by atoms with Crippen LogP contribution in [0.2, 0.25) is 0 Å². The third-order valence-corrected chi connectivity index (χ3v) is 9.73. The predicted octanol–water partition coefficient (Wildman–Crippen LogP) is 1.79. The molecule has 1 aromatic rings. The van der Waals surface area contributed by atoms with Crippen LogP contribution in [0.5, 0.6) is 0 Å². The van der Waals surface area contributed by atoms with E-state index < -0.39 is 9.84 Å². The van der Waals surface area contributed by atoms with Crippen molar-refractivity contribution in [1.82, 2.24) is 14.7 Å². The van der Waals surface area contributed by atoms with Gasteiger partial charge in [0.25, 0.3) is 5.91 Å². The molecule has 8 heteroatoms. The minimum Gasteiger partial charge on any atom is -0.338 e. The number of rotatable bonds is 3. The van der Waals surface area contributed by atoms with Gasteiger partial charge in [-0.3, -0.25) is 14.5 Å². The summed E-state index contributed by atoms with van der Waals surface area (Å²) in [5, 5.41) is 0. The van der Waals surface area contributed by atoms with Crippen molar-refractivity contribution in [2.75, 3.05) is 37.7 Å². The zero-order valence-electron chi connectivity index (χ0n) is 18.6. The number of amides is 2. The molecule has 1 saturated carbocycles. The molecule has 0 bridgehead atoms. The molecule has 1 aromatic carbocycles. The molecule has 5 rings (SSSR count). The highest BCUT2D eigenvalue weighted by Gasteiger charge is 2.49. The van der Waals surface area contributed by atoms with E-state index in [4.69, 9.17) is 0 Å². The smallest absolute Gasteiger partial charge is 0.254 e. The molecule has 4 aliphatic rings. The Balaban J connectivity index is 1.29. The van der Waals surface area contributed by atoms with Crippen LogP contribution in [0.25, 0.3) is 0 Å². The van der Waals surface area contributed by atoms with Crippen molar-refractivity contribution in [3.8, 4) is 0 Å². The summed E-state index contributed by atoms with van der Waals surface area (Å²) in [6, 6.07) is 9.21. The topological polar surface area (TPSA) is 78.0 Å². The molecular weight excluding hydrogens is 426 g/mol. The summed E-state index contributed by atoms with van der Waals surface area (Å²) < 4.78 is 23.7. The second kappa shape index (κ2) is 8.78. The fourth-order valence-electron chi connectivity index (χ4n) is 6.28. The fraction of sp³-hybridized carbons (Fsp3) is 0.667. The van der Waals surface area contributed by atoms with Crippen molar-refractivity contribution in [1.29, 1.82) is 0 Å². The Morgan fingerprint density at radius 3 is 2.31 bits per heavy atom. The van der Waals surface area contributed by atoms with Crippen LogP contribution in [-0.4, -0.2) is 90.7 Å². The van der Waals surface area contributed by atoms with Gasteiger partial charge in [0.05, 0.1) is 11.5 Å². The molecule has 7 nitrogen and oxygen atoms in total. The Kier molecular flexibility index (Phi) is 6.01. The molecule has 3 aliphatic heterocycles. The molecule has 3 heterocycles. The van der Waals surface area contributed by atoms with E-state index in [2.05, 4.69) is 4.90 Å². The van der Waals surface area contributed by atoms with Crippen molar-refractivity contribution in [2.24, 2.45) is 5.92 Å². The van der Waals surface area contributed by atoms with Gasteiger partial charge in [-0.25, -0.2) is 8.42 Å². The van der Waals surface area contributed by atoms with Gasteiger partial charge in [0.15, 0.2) is 9.84 Å². The minimum absolute atomic E-state index is 0.0202. The number of carbonyl (C=O) groups excluding carboxylic acids is 2. The number of sulfone groups is 1. The van der Waals surface area contributed by atoms with E-state index in [0.29, 0.717) is 44.1 Å². The first-order valence-corrected chi connectivity index (χ1v) is 13.9. The Morgan fingerprint density at radius 2 is 1.62 bits per heavy atom. The van der Waals surface area contributed by atoms with Gasteiger partial charge in [-0.05, 0) is 43.7 Å². The number of nitrogens with zero attached hydrogens (tertiary/aromatic N) is 3. The van der Waals surface area contributed by atoms with Gasteiger partial charge in [-0.1, -0.05) is 31.0 Å². The van der Waals surface area contributed by atoms with Crippen molar-refractivity contribution >= 4 is 21.7 Å². The Labute approximate surface area is 190 Å². The fourth-order valence-corrected chi connectivity index (χ4v) is 8.05. The van der Waals surface area contributed by atoms with E-state index in [1.165, 1.54) is 6.42 Å². The first kappa shape index (κ1) is 21.9. The maximum atomic E-state index is 13.6. The summed E-state index contributed by atoms with van der Waals surface area (Å²) in [7, 11) is -2.91. The molecule has 1 aliphatic carbocycles. The van der Waals surface area contributed by atoms with E-state index in [0.717, 1.165) is 25.7 Å². The number of hydrogen-bond acceptors (Lipinski definition) is 5. The Bertz CT molecular complexity index is 959. The lowest BCUT2D eigenvalue weighted by Crippen LogP contribution is -2.57. The van der Waals surface area contributed by atoms with Gasteiger partial charge in [0, 0.05) is 43.8 Å². The van der Waals surface area contributed by atoms with Gasteiger partial charge >= 0.3 is 0 Å². The zero-order valence-corrected chi connectivity index (χ0v) is 19.4. The second-order valence-electron chi connectivity index (χ2n) is 9.86. The number of carbonyl (C=O) groups is 2. The van der Waals surface area contributed by atoms with Crippen molar-refractivity contribution < 1.29 is 18.0 Å². The summed E-state index contributed by atoms with van der Waals surface area (Å²) in [6.45, 7) is 2.62. The average molecular weight is 460 g/mol. The first-order valence-electron chi connectivity index (χ1n) is 12.0. The molecule has 174 valence electrons. The minimum atomic E-state index is -2.91. The van der Waals surface area contributed by atoms with Crippen LogP contribution in [0.1, 0.15) is 48.9 Å². The van der Waals surface area contributed by atoms with E-state index in [1.807, 2.05) is 40.1 Å². The van der Waals surface area contributed by atoms with Crippen molar-refractivity contribution in [2.45, 2.75) is 56.7 Å². The van der Waals surface area contributed by atoms with Crippen LogP contribution < -0.4 is 0 Å². The molecule has 0 radical (unpaired) electrons. The molecule has 4 unspecified atom stereocenters. The van der Waals surface area contributed by atoms with E-state index in [1.54, 1.807) is 0 Å². The molecule has 32 heavy (non-hydrogen) atoms. The van der Waals surface area contributed by atoms with E-state index >= 15 is 0 Å². The summed E-state index contributed by atoms with van der Waals surface area (Å²) in [5.41, 5.74) is 0.656. The van der Waals surface area contributed by atoms with Crippen molar-refractivity contribution in [3.05, 3.63) is 35.9 Å². The normalized spacial score (nSPS) is 32.6. The summed E-state index contributed by atoms with van der Waals surface area (Å²) in [6.07, 6.45) is 5.83. The van der Waals surface area contributed by atoms with Gasteiger partial charge < -0.3 is 9.80 Å². The number of hydrogen-bond donors (Lipinski definition) is 0. The third kappa shape index (κ3) is 4.19. The van der Waals surface area contributed by atoms with Crippen LogP contribution in [0.4, 0.5) is 0 Å². The predicted molar refractivity (Wildman–Crippen MR) is 122 cm³/mol. The number of benzene rings is 1. The van der Waals surface area contributed by atoms with Crippen molar-refractivity contribution in [3.63, 3.8) is 0 Å². The SMILES string of the molecule is O=C(C1CC2CCCCC2N1C(=O)c1ccccc1)N1CCN(C2CCS(=O)(=O)C2)CC1. The van der Waals surface area contributed by atoms with Crippen LogP contribution in [0.15, 0.2) is 30.3 Å². The highest BCUT2D eigenvalue weighted by atomic mass is 32.2. The molecule has 0 aromatic heterocycles. The zero-order chi connectivity index (χ0) is 22.3. The summed E-state index contributed by atoms with van der Waals surface area (Å²) in [5.74, 6) is 0.982. The number of fused-ring (bicyclic) bond motifs is 1. The van der Waals surface area contributed by atoms with Gasteiger partial charge in [0.1, 0.15) is 6.04 Å². The van der Waals surface area contributed by atoms with Gasteiger partial charge in [-0.2, -0.15) is 0 Å². The maximum absolute atomic E-state index is 13.6. The quantitative estimate of drug-likeness (QED) is 0.689. The van der Waals surface area contributed by atoms with Gasteiger partial charge in [0.2, 0.25) is 5.91 Å². The molecule has 0 N–H and O–H groups in total.